The fourth-order valence-corrected chi connectivity index (χ4v) is 3.97. The fraction of sp³-hybridized carbons (Fsp3) is 0.435. The number of carbonyl (C=O) groups excluding carboxylic acids is 1. The Labute approximate surface area is 166 Å². The molecule has 2 aliphatic heterocycles. The van der Waals surface area contributed by atoms with Crippen molar-refractivity contribution in [2.24, 2.45) is 5.92 Å². The minimum absolute atomic E-state index is 0.261. The third kappa shape index (κ3) is 4.84. The Morgan fingerprint density at radius 2 is 1.79 bits per heavy atom. The predicted octanol–water partition coefficient (Wildman–Crippen LogP) is 3.38. The largest absolute Gasteiger partial charge is 0.454 e. The molecule has 4 rings (SSSR count). The zero-order chi connectivity index (χ0) is 19.2. The van der Waals surface area contributed by atoms with Gasteiger partial charge in [-0.15, -0.1) is 0 Å². The van der Waals surface area contributed by atoms with Crippen molar-refractivity contribution in [1.29, 1.82) is 0 Å². The van der Waals surface area contributed by atoms with Crippen LogP contribution in [0.15, 0.2) is 48.5 Å². The van der Waals surface area contributed by atoms with Crippen LogP contribution in [0.2, 0.25) is 0 Å². The molecule has 0 aliphatic carbocycles. The molecule has 5 nitrogen and oxygen atoms in total. The first-order valence-electron chi connectivity index (χ1n) is 10.2. The van der Waals surface area contributed by atoms with Crippen molar-refractivity contribution in [3.05, 3.63) is 59.7 Å². The molecule has 5 heteroatoms. The molecular weight excluding hydrogens is 352 g/mol. The molecule has 0 aromatic heterocycles. The van der Waals surface area contributed by atoms with Crippen LogP contribution >= 0.6 is 0 Å². The number of rotatable bonds is 7. The van der Waals surface area contributed by atoms with Crippen LogP contribution in [0.4, 0.5) is 0 Å². The highest BCUT2D eigenvalue weighted by Gasteiger charge is 2.22. The molecule has 0 atom stereocenters. The summed E-state index contributed by atoms with van der Waals surface area (Å²) in [5.41, 5.74) is 2.54. The second kappa shape index (κ2) is 9.11. The highest BCUT2D eigenvalue weighted by molar-refractivity contribution is 5.76. The molecule has 0 spiro atoms. The van der Waals surface area contributed by atoms with Gasteiger partial charge < -0.3 is 19.7 Å². The summed E-state index contributed by atoms with van der Waals surface area (Å²) in [5.74, 6) is 2.55. The van der Waals surface area contributed by atoms with Gasteiger partial charge in [-0.1, -0.05) is 36.4 Å². The third-order valence-electron chi connectivity index (χ3n) is 5.62. The first kappa shape index (κ1) is 18.8. The van der Waals surface area contributed by atoms with Gasteiger partial charge in [-0.25, -0.2) is 0 Å². The summed E-state index contributed by atoms with van der Waals surface area (Å²) in [7, 11) is 0. The van der Waals surface area contributed by atoms with Gasteiger partial charge in [0.2, 0.25) is 12.7 Å². The number of benzene rings is 2. The van der Waals surface area contributed by atoms with Gasteiger partial charge in [-0.3, -0.25) is 4.79 Å². The molecule has 2 aromatic carbocycles. The van der Waals surface area contributed by atoms with Gasteiger partial charge in [-0.2, -0.15) is 0 Å². The third-order valence-corrected chi connectivity index (χ3v) is 5.62. The molecular formula is C23H28N2O3. The zero-order valence-corrected chi connectivity index (χ0v) is 16.2. The fourth-order valence-electron chi connectivity index (χ4n) is 3.97. The lowest BCUT2D eigenvalue weighted by Gasteiger charge is -2.32. The van der Waals surface area contributed by atoms with E-state index in [0.29, 0.717) is 25.7 Å². The summed E-state index contributed by atoms with van der Waals surface area (Å²) in [6.45, 7) is 3.49. The summed E-state index contributed by atoms with van der Waals surface area (Å²) in [6, 6.07) is 16.6. The Hall–Kier alpha value is -2.53. The molecule has 0 bridgehead atoms. The summed E-state index contributed by atoms with van der Waals surface area (Å²) in [5, 5.41) is 3.36. The molecule has 28 heavy (non-hydrogen) atoms. The number of ether oxygens (including phenoxy) is 2. The van der Waals surface area contributed by atoms with Gasteiger partial charge in [0.25, 0.3) is 0 Å². The van der Waals surface area contributed by atoms with Crippen LogP contribution in [0, 0.1) is 5.92 Å². The maximum absolute atomic E-state index is 12.5. The molecule has 1 saturated heterocycles. The normalized spacial score (nSPS) is 16.4. The van der Waals surface area contributed by atoms with E-state index in [2.05, 4.69) is 35.6 Å². The monoisotopic (exact) mass is 380 g/mol. The molecule has 2 aromatic rings. The second-order valence-corrected chi connectivity index (χ2v) is 7.63. The van der Waals surface area contributed by atoms with Crippen LogP contribution in [0.5, 0.6) is 11.5 Å². The van der Waals surface area contributed by atoms with Crippen molar-refractivity contribution < 1.29 is 14.3 Å². The van der Waals surface area contributed by atoms with E-state index >= 15 is 0 Å². The Bertz CT molecular complexity index is 786. The molecule has 148 valence electrons. The van der Waals surface area contributed by atoms with E-state index in [9.17, 15) is 4.79 Å². The molecule has 2 aliphatic rings. The van der Waals surface area contributed by atoms with Crippen molar-refractivity contribution in [1.82, 2.24) is 10.2 Å². The number of likely N-dealkylation sites (tertiary alicyclic amines) is 1. The SMILES string of the molecule is O=C(CCNCc1ccc2c(c1)OCO2)N1CCC(Cc2ccccc2)CC1. The minimum atomic E-state index is 0.261. The Morgan fingerprint density at radius 3 is 2.61 bits per heavy atom. The van der Waals surface area contributed by atoms with Crippen molar-refractivity contribution in [3.8, 4) is 11.5 Å². The van der Waals surface area contributed by atoms with Gasteiger partial charge in [0.1, 0.15) is 0 Å². The van der Waals surface area contributed by atoms with Gasteiger partial charge in [-0.05, 0) is 48.4 Å². The Kier molecular flexibility index (Phi) is 6.12. The number of hydrogen-bond donors (Lipinski definition) is 1. The zero-order valence-electron chi connectivity index (χ0n) is 16.2. The Morgan fingerprint density at radius 1 is 1.00 bits per heavy atom. The topological polar surface area (TPSA) is 50.8 Å². The van der Waals surface area contributed by atoms with Crippen molar-refractivity contribution in [3.63, 3.8) is 0 Å². The van der Waals surface area contributed by atoms with E-state index in [1.165, 1.54) is 5.56 Å². The van der Waals surface area contributed by atoms with Crippen LogP contribution in [-0.4, -0.2) is 37.2 Å². The number of amides is 1. The van der Waals surface area contributed by atoms with E-state index in [1.54, 1.807) is 0 Å². The summed E-state index contributed by atoms with van der Waals surface area (Å²) in [4.78, 5) is 14.5. The predicted molar refractivity (Wildman–Crippen MR) is 108 cm³/mol. The summed E-state index contributed by atoms with van der Waals surface area (Å²) < 4.78 is 10.7. The van der Waals surface area contributed by atoms with E-state index in [-0.39, 0.29) is 5.91 Å². The van der Waals surface area contributed by atoms with Gasteiger partial charge in [0.05, 0.1) is 0 Å². The molecule has 1 N–H and O–H groups in total. The van der Waals surface area contributed by atoms with Gasteiger partial charge in [0, 0.05) is 32.6 Å². The highest BCUT2D eigenvalue weighted by Crippen LogP contribution is 2.32. The number of nitrogens with one attached hydrogen (secondary N) is 1. The van der Waals surface area contributed by atoms with Crippen LogP contribution in [0.25, 0.3) is 0 Å². The average Bonchev–Trinajstić information content (AvgIpc) is 3.20. The molecule has 0 radical (unpaired) electrons. The maximum Gasteiger partial charge on any atom is 0.231 e. The van der Waals surface area contributed by atoms with Crippen molar-refractivity contribution in [2.45, 2.75) is 32.2 Å². The van der Waals surface area contributed by atoms with Gasteiger partial charge >= 0.3 is 0 Å². The molecule has 0 saturated carbocycles. The first-order chi connectivity index (χ1) is 13.8. The molecule has 2 heterocycles. The second-order valence-electron chi connectivity index (χ2n) is 7.63. The standard InChI is InChI=1S/C23H28N2O3/c26-23(8-11-24-16-20-6-7-21-22(15-20)28-17-27-21)25-12-9-19(10-13-25)14-18-4-2-1-3-5-18/h1-7,15,19,24H,8-14,16-17H2. The smallest absolute Gasteiger partial charge is 0.231 e. The summed E-state index contributed by atoms with van der Waals surface area (Å²) >= 11 is 0. The maximum atomic E-state index is 12.5. The lowest BCUT2D eigenvalue weighted by atomic mass is 9.90. The number of nitrogens with zero attached hydrogens (tertiary/aromatic N) is 1. The van der Waals surface area contributed by atoms with E-state index in [4.69, 9.17) is 9.47 Å². The molecule has 1 fully saturated rings. The van der Waals surface area contributed by atoms with Crippen molar-refractivity contribution >= 4 is 5.91 Å². The quantitative estimate of drug-likeness (QED) is 0.748. The van der Waals surface area contributed by atoms with Crippen LogP contribution in [0.1, 0.15) is 30.4 Å². The van der Waals surface area contributed by atoms with Crippen LogP contribution in [-0.2, 0) is 17.8 Å². The van der Waals surface area contributed by atoms with Crippen LogP contribution in [0.3, 0.4) is 0 Å². The number of piperidine rings is 1. The number of carbonyl (C=O) groups is 1. The Balaban J connectivity index is 1.14. The number of hydrogen-bond acceptors (Lipinski definition) is 4. The highest BCUT2D eigenvalue weighted by atomic mass is 16.7. The van der Waals surface area contributed by atoms with Gasteiger partial charge in [0.15, 0.2) is 11.5 Å². The lowest BCUT2D eigenvalue weighted by molar-refractivity contribution is -0.132. The molecule has 1 amide bonds. The average molecular weight is 380 g/mol. The first-order valence-corrected chi connectivity index (χ1v) is 10.2. The van der Waals surface area contributed by atoms with Crippen LogP contribution < -0.4 is 14.8 Å². The lowest BCUT2D eigenvalue weighted by Crippen LogP contribution is -2.39. The minimum Gasteiger partial charge on any atom is -0.454 e. The van der Waals surface area contributed by atoms with E-state index < -0.39 is 0 Å². The van der Waals surface area contributed by atoms with Crippen molar-refractivity contribution in [2.75, 3.05) is 26.4 Å². The number of fused-ring (bicyclic) bond motifs is 1. The molecule has 0 unspecified atom stereocenters. The van der Waals surface area contributed by atoms with E-state index in [0.717, 1.165) is 56.0 Å². The summed E-state index contributed by atoms with van der Waals surface area (Å²) in [6.07, 6.45) is 3.88. The van der Waals surface area contributed by atoms with E-state index in [1.807, 2.05) is 23.1 Å².